The Bertz CT molecular complexity index is 559. The van der Waals surface area contributed by atoms with Gasteiger partial charge in [-0.05, 0) is 48.9 Å². The van der Waals surface area contributed by atoms with Crippen molar-refractivity contribution >= 4 is 17.0 Å². The van der Waals surface area contributed by atoms with Crippen molar-refractivity contribution in [2.24, 2.45) is 0 Å². The summed E-state index contributed by atoms with van der Waals surface area (Å²) in [6.45, 7) is 0.605. The summed E-state index contributed by atoms with van der Waals surface area (Å²) in [5, 5.41) is 9.06. The van der Waals surface area contributed by atoms with E-state index in [0.717, 1.165) is 23.9 Å². The fraction of sp³-hybridized carbons (Fsp3) is 0.462. The molecule has 1 aromatic carbocycles. The van der Waals surface area contributed by atoms with Gasteiger partial charge in [-0.15, -0.1) is 0 Å². The van der Waals surface area contributed by atoms with Crippen molar-refractivity contribution in [1.82, 2.24) is 9.55 Å². The van der Waals surface area contributed by atoms with Crippen molar-refractivity contribution in [2.75, 3.05) is 12.3 Å². The van der Waals surface area contributed by atoms with Crippen LogP contribution in [0.5, 0.6) is 0 Å². The molecule has 0 unspecified atom stereocenters. The van der Waals surface area contributed by atoms with Gasteiger partial charge in [-0.3, -0.25) is 0 Å². The average molecular weight is 231 g/mol. The molecule has 0 radical (unpaired) electrons. The molecule has 4 nitrogen and oxygen atoms in total. The van der Waals surface area contributed by atoms with Crippen LogP contribution in [0.1, 0.15) is 24.0 Å². The highest BCUT2D eigenvalue weighted by atomic mass is 16.3. The monoisotopic (exact) mass is 231 g/mol. The lowest BCUT2D eigenvalue weighted by atomic mass is 9.91. The second-order valence-corrected chi connectivity index (χ2v) is 4.66. The topological polar surface area (TPSA) is 64.1 Å². The van der Waals surface area contributed by atoms with Crippen LogP contribution in [-0.2, 0) is 19.4 Å². The molecule has 3 rings (SSSR count). The predicted molar refractivity (Wildman–Crippen MR) is 67.9 cm³/mol. The van der Waals surface area contributed by atoms with Crippen molar-refractivity contribution < 1.29 is 5.11 Å². The summed E-state index contributed by atoms with van der Waals surface area (Å²) in [5.74, 6) is 0.497. The molecule has 4 heteroatoms. The molecule has 0 aliphatic heterocycles. The molecule has 1 aliphatic rings. The van der Waals surface area contributed by atoms with Crippen molar-refractivity contribution in [3.05, 3.63) is 23.3 Å². The van der Waals surface area contributed by atoms with Crippen LogP contribution in [0.3, 0.4) is 0 Å². The number of rotatable bonds is 2. The lowest BCUT2D eigenvalue weighted by Crippen LogP contribution is -2.07. The Labute approximate surface area is 100 Å². The van der Waals surface area contributed by atoms with E-state index in [1.807, 2.05) is 4.57 Å². The summed E-state index contributed by atoms with van der Waals surface area (Å²) in [6, 6.07) is 4.36. The van der Waals surface area contributed by atoms with Crippen LogP contribution in [-0.4, -0.2) is 21.3 Å². The van der Waals surface area contributed by atoms with Crippen LogP contribution < -0.4 is 5.73 Å². The Balaban J connectivity index is 2.19. The number of nitrogens with zero attached hydrogens (tertiary/aromatic N) is 2. The SMILES string of the molecule is Nc1nc2cc3c(cc2n1CCO)CCCC3. The van der Waals surface area contributed by atoms with Crippen LogP contribution in [0.2, 0.25) is 0 Å². The smallest absolute Gasteiger partial charge is 0.201 e. The van der Waals surface area contributed by atoms with Crippen LogP contribution in [0.4, 0.5) is 5.95 Å². The number of fused-ring (bicyclic) bond motifs is 2. The summed E-state index contributed by atoms with van der Waals surface area (Å²) in [4.78, 5) is 4.37. The van der Waals surface area contributed by atoms with E-state index >= 15 is 0 Å². The van der Waals surface area contributed by atoms with Gasteiger partial charge in [0, 0.05) is 6.54 Å². The molecule has 0 atom stereocenters. The number of aromatic nitrogens is 2. The Kier molecular flexibility index (Phi) is 2.52. The van der Waals surface area contributed by atoms with Crippen molar-refractivity contribution in [3.63, 3.8) is 0 Å². The maximum absolute atomic E-state index is 9.06. The Morgan fingerprint density at radius 2 is 1.94 bits per heavy atom. The number of aliphatic hydroxyl groups is 1. The molecule has 1 heterocycles. The molecular formula is C13H17N3O. The Hall–Kier alpha value is -1.55. The zero-order chi connectivity index (χ0) is 11.8. The first-order valence-electron chi connectivity index (χ1n) is 6.18. The average Bonchev–Trinajstić information content (AvgIpc) is 2.63. The number of hydrogen-bond acceptors (Lipinski definition) is 3. The molecule has 1 aromatic heterocycles. The Morgan fingerprint density at radius 3 is 2.65 bits per heavy atom. The highest BCUT2D eigenvalue weighted by molar-refractivity contribution is 5.80. The fourth-order valence-corrected chi connectivity index (χ4v) is 2.71. The van der Waals surface area contributed by atoms with Gasteiger partial charge in [0.1, 0.15) is 0 Å². The van der Waals surface area contributed by atoms with Crippen LogP contribution in [0, 0.1) is 0 Å². The van der Waals surface area contributed by atoms with E-state index in [1.54, 1.807) is 0 Å². The molecule has 1 aliphatic carbocycles. The van der Waals surface area contributed by atoms with Gasteiger partial charge in [-0.25, -0.2) is 4.98 Å². The van der Waals surface area contributed by atoms with E-state index in [9.17, 15) is 0 Å². The molecule has 2 aromatic rings. The first-order chi connectivity index (χ1) is 8.29. The van der Waals surface area contributed by atoms with E-state index < -0.39 is 0 Å². The van der Waals surface area contributed by atoms with Gasteiger partial charge in [0.25, 0.3) is 0 Å². The Morgan fingerprint density at radius 1 is 1.24 bits per heavy atom. The number of aliphatic hydroxyl groups excluding tert-OH is 1. The molecule has 90 valence electrons. The summed E-state index contributed by atoms with van der Waals surface area (Å²) in [7, 11) is 0. The van der Waals surface area contributed by atoms with Gasteiger partial charge >= 0.3 is 0 Å². The van der Waals surface area contributed by atoms with E-state index in [4.69, 9.17) is 10.8 Å². The van der Waals surface area contributed by atoms with Gasteiger partial charge in [0.2, 0.25) is 5.95 Å². The first kappa shape index (κ1) is 10.6. The largest absolute Gasteiger partial charge is 0.395 e. The molecular weight excluding hydrogens is 214 g/mol. The van der Waals surface area contributed by atoms with Crippen molar-refractivity contribution in [3.8, 4) is 0 Å². The zero-order valence-corrected chi connectivity index (χ0v) is 9.82. The maximum atomic E-state index is 9.06. The maximum Gasteiger partial charge on any atom is 0.201 e. The van der Waals surface area contributed by atoms with Gasteiger partial charge in [-0.2, -0.15) is 0 Å². The number of nitrogen functional groups attached to an aromatic ring is 1. The van der Waals surface area contributed by atoms with Crippen molar-refractivity contribution in [2.45, 2.75) is 32.2 Å². The summed E-state index contributed by atoms with van der Waals surface area (Å²) in [5.41, 5.74) is 10.7. The fourth-order valence-electron chi connectivity index (χ4n) is 2.71. The van der Waals surface area contributed by atoms with Gasteiger partial charge in [-0.1, -0.05) is 0 Å². The van der Waals surface area contributed by atoms with Crippen LogP contribution >= 0.6 is 0 Å². The third-order valence-electron chi connectivity index (χ3n) is 3.56. The minimum absolute atomic E-state index is 0.0900. The standard InChI is InChI=1S/C13H17N3O/c14-13-15-11-7-9-3-1-2-4-10(9)8-12(11)16(13)5-6-17/h7-8,17H,1-6H2,(H2,14,15). The predicted octanol–water partition coefficient (Wildman–Crippen LogP) is 1.49. The summed E-state index contributed by atoms with van der Waals surface area (Å²) >= 11 is 0. The minimum atomic E-state index is 0.0900. The quantitative estimate of drug-likeness (QED) is 0.823. The number of benzene rings is 1. The third-order valence-corrected chi connectivity index (χ3v) is 3.56. The normalized spacial score (nSPS) is 15.1. The lowest BCUT2D eigenvalue weighted by molar-refractivity contribution is 0.278. The second-order valence-electron chi connectivity index (χ2n) is 4.66. The number of anilines is 1. The van der Waals surface area contributed by atoms with Crippen LogP contribution in [0.15, 0.2) is 12.1 Å². The number of imidazole rings is 1. The molecule has 0 spiro atoms. The molecule has 0 fully saturated rings. The molecule has 0 amide bonds. The molecule has 0 saturated heterocycles. The zero-order valence-electron chi connectivity index (χ0n) is 9.82. The van der Waals surface area contributed by atoms with Gasteiger partial charge in [0.15, 0.2) is 0 Å². The van der Waals surface area contributed by atoms with Crippen molar-refractivity contribution in [1.29, 1.82) is 0 Å². The second kappa shape index (κ2) is 4.04. The number of aryl methyl sites for hydroxylation is 2. The molecule has 3 N–H and O–H groups in total. The number of nitrogens with two attached hydrogens (primary N) is 1. The third kappa shape index (κ3) is 1.69. The van der Waals surface area contributed by atoms with Gasteiger partial charge < -0.3 is 15.4 Å². The van der Waals surface area contributed by atoms with Gasteiger partial charge in [0.05, 0.1) is 17.6 Å². The van der Waals surface area contributed by atoms with Crippen LogP contribution in [0.25, 0.3) is 11.0 Å². The summed E-state index contributed by atoms with van der Waals surface area (Å²) in [6.07, 6.45) is 4.83. The highest BCUT2D eigenvalue weighted by Gasteiger charge is 2.14. The number of hydrogen-bond donors (Lipinski definition) is 2. The summed E-state index contributed by atoms with van der Waals surface area (Å²) < 4.78 is 1.89. The minimum Gasteiger partial charge on any atom is -0.395 e. The first-order valence-corrected chi connectivity index (χ1v) is 6.18. The van der Waals surface area contributed by atoms with E-state index in [2.05, 4.69) is 17.1 Å². The highest BCUT2D eigenvalue weighted by Crippen LogP contribution is 2.27. The molecule has 0 saturated carbocycles. The van der Waals surface area contributed by atoms with E-state index in [1.165, 1.54) is 24.0 Å². The molecule has 17 heavy (non-hydrogen) atoms. The van der Waals surface area contributed by atoms with E-state index in [0.29, 0.717) is 12.5 Å². The molecule has 0 bridgehead atoms. The van der Waals surface area contributed by atoms with E-state index in [-0.39, 0.29) is 6.61 Å². The lowest BCUT2D eigenvalue weighted by Gasteiger charge is -2.15.